The van der Waals surface area contributed by atoms with Crippen molar-refractivity contribution in [3.8, 4) is 5.75 Å². The van der Waals surface area contributed by atoms with E-state index in [1.807, 2.05) is 50.2 Å². The van der Waals surface area contributed by atoms with E-state index in [4.69, 9.17) is 4.74 Å². The lowest BCUT2D eigenvalue weighted by molar-refractivity contribution is 0.342. The lowest BCUT2D eigenvalue weighted by Gasteiger charge is -2.13. The van der Waals surface area contributed by atoms with Crippen LogP contribution in [0.25, 0.3) is 0 Å². The van der Waals surface area contributed by atoms with E-state index >= 15 is 0 Å². The van der Waals surface area contributed by atoms with Crippen LogP contribution in [-0.4, -0.2) is 23.1 Å². The van der Waals surface area contributed by atoms with E-state index in [9.17, 15) is 0 Å². The first-order valence-electron chi connectivity index (χ1n) is 9.37. The highest BCUT2D eigenvalue weighted by atomic mass is 16.5. The van der Waals surface area contributed by atoms with Crippen LogP contribution in [0.15, 0.2) is 60.7 Å². The molecule has 0 aliphatic heterocycles. The fourth-order valence-electron chi connectivity index (χ4n) is 2.84. The summed E-state index contributed by atoms with van der Waals surface area (Å²) in [4.78, 5) is 9.07. The highest BCUT2D eigenvalue weighted by Gasteiger charge is 2.06. The summed E-state index contributed by atoms with van der Waals surface area (Å²) in [6, 6.07) is 20.3. The summed E-state index contributed by atoms with van der Waals surface area (Å²) in [5.74, 6) is 2.20. The molecule has 1 aromatic heterocycles. The predicted octanol–water partition coefficient (Wildman–Crippen LogP) is 4.97. The first-order chi connectivity index (χ1) is 13.2. The van der Waals surface area contributed by atoms with Crippen molar-refractivity contribution >= 4 is 17.5 Å². The maximum Gasteiger partial charge on any atom is 0.224 e. The molecule has 2 N–H and O–H groups in total. The van der Waals surface area contributed by atoms with Gasteiger partial charge in [-0.15, -0.1) is 0 Å². The smallest absolute Gasteiger partial charge is 0.224 e. The largest absolute Gasteiger partial charge is 0.492 e. The molecule has 0 spiro atoms. The van der Waals surface area contributed by atoms with Gasteiger partial charge in [0.2, 0.25) is 5.95 Å². The van der Waals surface area contributed by atoms with Gasteiger partial charge in [-0.3, -0.25) is 0 Å². The zero-order valence-electron chi connectivity index (χ0n) is 15.9. The molecule has 27 heavy (non-hydrogen) atoms. The Bertz CT molecular complexity index is 852. The summed E-state index contributed by atoms with van der Waals surface area (Å²) in [5.41, 5.74) is 3.15. The standard InChI is InChI=1S/C22H26N4O/c1-3-27-20-14-8-7-13-19(20)25-21-16-17(2)24-22(26-21)23-15-9-12-18-10-5-4-6-11-18/h4-8,10-11,13-14,16H,3,9,12,15H2,1-2H3,(H2,23,24,25,26). The van der Waals surface area contributed by atoms with Crippen LogP contribution in [0.3, 0.4) is 0 Å². The van der Waals surface area contributed by atoms with E-state index in [0.717, 1.165) is 42.3 Å². The Kier molecular flexibility index (Phi) is 6.63. The van der Waals surface area contributed by atoms with Gasteiger partial charge in [0.25, 0.3) is 0 Å². The lowest BCUT2D eigenvalue weighted by Crippen LogP contribution is -2.08. The SMILES string of the molecule is CCOc1ccccc1Nc1cc(C)nc(NCCCc2ccccc2)n1. The van der Waals surface area contributed by atoms with Gasteiger partial charge in [0.05, 0.1) is 12.3 Å². The van der Waals surface area contributed by atoms with Crippen molar-refractivity contribution < 1.29 is 4.74 Å². The number of anilines is 3. The van der Waals surface area contributed by atoms with E-state index in [1.165, 1.54) is 5.56 Å². The van der Waals surface area contributed by atoms with Crippen molar-refractivity contribution in [2.24, 2.45) is 0 Å². The Morgan fingerprint density at radius 2 is 1.74 bits per heavy atom. The molecule has 0 fully saturated rings. The summed E-state index contributed by atoms with van der Waals surface area (Å²) in [5, 5.41) is 6.67. The Morgan fingerprint density at radius 1 is 0.963 bits per heavy atom. The molecule has 0 aliphatic rings. The van der Waals surface area contributed by atoms with Crippen LogP contribution in [0.5, 0.6) is 5.75 Å². The van der Waals surface area contributed by atoms with Crippen molar-refractivity contribution in [3.63, 3.8) is 0 Å². The summed E-state index contributed by atoms with van der Waals surface area (Å²) in [6.45, 7) is 5.39. The molecule has 0 saturated heterocycles. The van der Waals surface area contributed by atoms with Gasteiger partial charge in [0.15, 0.2) is 0 Å². The minimum Gasteiger partial charge on any atom is -0.492 e. The van der Waals surface area contributed by atoms with E-state index < -0.39 is 0 Å². The molecule has 0 aliphatic carbocycles. The normalized spacial score (nSPS) is 10.4. The van der Waals surface area contributed by atoms with Crippen LogP contribution in [0.1, 0.15) is 24.6 Å². The number of aromatic nitrogens is 2. The monoisotopic (exact) mass is 362 g/mol. The number of hydrogen-bond acceptors (Lipinski definition) is 5. The molecule has 0 bridgehead atoms. The Morgan fingerprint density at radius 3 is 2.56 bits per heavy atom. The second kappa shape index (κ2) is 9.57. The molecule has 3 rings (SSSR count). The maximum absolute atomic E-state index is 5.67. The fraction of sp³-hybridized carbons (Fsp3) is 0.273. The summed E-state index contributed by atoms with van der Waals surface area (Å²) < 4.78 is 5.67. The number of rotatable bonds is 9. The topological polar surface area (TPSA) is 59.1 Å². The van der Waals surface area contributed by atoms with E-state index in [1.54, 1.807) is 0 Å². The zero-order chi connectivity index (χ0) is 18.9. The number of ether oxygens (including phenoxy) is 1. The van der Waals surface area contributed by atoms with Crippen molar-refractivity contribution in [2.45, 2.75) is 26.7 Å². The highest BCUT2D eigenvalue weighted by molar-refractivity contribution is 5.64. The third-order valence-electron chi connectivity index (χ3n) is 4.07. The zero-order valence-corrected chi connectivity index (χ0v) is 15.9. The minimum absolute atomic E-state index is 0.621. The summed E-state index contributed by atoms with van der Waals surface area (Å²) in [6.07, 6.45) is 2.06. The maximum atomic E-state index is 5.67. The molecule has 5 nitrogen and oxygen atoms in total. The van der Waals surface area contributed by atoms with Gasteiger partial charge < -0.3 is 15.4 Å². The van der Waals surface area contributed by atoms with Gasteiger partial charge in [0, 0.05) is 18.3 Å². The van der Waals surface area contributed by atoms with Gasteiger partial charge in [0.1, 0.15) is 11.6 Å². The van der Waals surface area contributed by atoms with Crippen LogP contribution in [0.2, 0.25) is 0 Å². The van der Waals surface area contributed by atoms with Gasteiger partial charge in [-0.25, -0.2) is 4.98 Å². The van der Waals surface area contributed by atoms with Gasteiger partial charge in [-0.1, -0.05) is 42.5 Å². The second-order valence-corrected chi connectivity index (χ2v) is 6.29. The first-order valence-corrected chi connectivity index (χ1v) is 9.37. The van der Waals surface area contributed by atoms with E-state index in [-0.39, 0.29) is 0 Å². The molecule has 0 radical (unpaired) electrons. The number of nitrogens with one attached hydrogen (secondary N) is 2. The van der Waals surface area contributed by atoms with Crippen LogP contribution in [0, 0.1) is 6.92 Å². The second-order valence-electron chi connectivity index (χ2n) is 6.29. The number of nitrogens with zero attached hydrogens (tertiary/aromatic N) is 2. The Hall–Kier alpha value is -3.08. The van der Waals surface area contributed by atoms with Crippen molar-refractivity contribution in [3.05, 3.63) is 71.9 Å². The first kappa shape index (κ1) is 18.7. The Balaban J connectivity index is 1.61. The van der Waals surface area contributed by atoms with Crippen LogP contribution in [0.4, 0.5) is 17.5 Å². The fourth-order valence-corrected chi connectivity index (χ4v) is 2.84. The summed E-state index contributed by atoms with van der Waals surface area (Å²) >= 11 is 0. The average Bonchev–Trinajstić information content (AvgIpc) is 2.67. The molecule has 1 heterocycles. The van der Waals surface area contributed by atoms with Gasteiger partial charge >= 0.3 is 0 Å². The number of benzene rings is 2. The van der Waals surface area contributed by atoms with Crippen LogP contribution < -0.4 is 15.4 Å². The number of aryl methyl sites for hydroxylation is 2. The lowest BCUT2D eigenvalue weighted by atomic mass is 10.1. The molecule has 140 valence electrons. The molecular weight excluding hydrogens is 336 g/mol. The molecular formula is C22H26N4O. The van der Waals surface area contributed by atoms with Gasteiger partial charge in [-0.05, 0) is 44.4 Å². The van der Waals surface area contributed by atoms with Crippen molar-refractivity contribution in [1.29, 1.82) is 0 Å². The third kappa shape index (κ3) is 5.71. The molecule has 0 unspecified atom stereocenters. The van der Waals surface area contributed by atoms with Crippen LogP contribution >= 0.6 is 0 Å². The molecule has 5 heteroatoms. The molecule has 2 aromatic carbocycles. The number of para-hydroxylation sites is 2. The molecule has 0 atom stereocenters. The highest BCUT2D eigenvalue weighted by Crippen LogP contribution is 2.27. The molecule has 3 aromatic rings. The predicted molar refractivity (Wildman–Crippen MR) is 111 cm³/mol. The quantitative estimate of drug-likeness (QED) is 0.526. The Labute approximate surface area is 160 Å². The molecule has 0 saturated carbocycles. The minimum atomic E-state index is 0.621. The number of hydrogen-bond donors (Lipinski definition) is 2. The van der Waals surface area contributed by atoms with Gasteiger partial charge in [-0.2, -0.15) is 4.98 Å². The van der Waals surface area contributed by atoms with Crippen LogP contribution in [-0.2, 0) is 6.42 Å². The van der Waals surface area contributed by atoms with Crippen molar-refractivity contribution in [2.75, 3.05) is 23.8 Å². The van der Waals surface area contributed by atoms with Crippen molar-refractivity contribution in [1.82, 2.24) is 9.97 Å². The van der Waals surface area contributed by atoms with E-state index in [0.29, 0.717) is 12.6 Å². The summed E-state index contributed by atoms with van der Waals surface area (Å²) in [7, 11) is 0. The van der Waals surface area contributed by atoms with E-state index in [2.05, 4.69) is 44.9 Å². The average molecular weight is 362 g/mol. The third-order valence-corrected chi connectivity index (χ3v) is 4.07. The molecule has 0 amide bonds.